The lowest BCUT2D eigenvalue weighted by molar-refractivity contribution is -0.385. The van der Waals surface area contributed by atoms with Crippen LogP contribution < -0.4 is 14.8 Å². The van der Waals surface area contributed by atoms with Gasteiger partial charge in [0.05, 0.1) is 24.1 Å². The van der Waals surface area contributed by atoms with Gasteiger partial charge in [-0.3, -0.25) is 14.9 Å². The van der Waals surface area contributed by atoms with Crippen molar-refractivity contribution in [3.05, 3.63) is 64.0 Å². The summed E-state index contributed by atoms with van der Waals surface area (Å²) < 4.78 is 23.1. The molecule has 0 radical (unpaired) electrons. The zero-order valence-corrected chi connectivity index (χ0v) is 13.7. The van der Waals surface area contributed by atoms with E-state index in [0.717, 1.165) is 5.56 Å². The summed E-state index contributed by atoms with van der Waals surface area (Å²) in [6.07, 6.45) is 0. The zero-order valence-electron chi connectivity index (χ0n) is 13.7. The summed E-state index contributed by atoms with van der Waals surface area (Å²) in [5, 5.41) is 13.7. The molecule has 0 aromatic heterocycles. The molecule has 1 atom stereocenters. The topological polar surface area (TPSA) is 90.7 Å². The lowest BCUT2D eigenvalue weighted by atomic mass is 10.1. The average molecular weight is 348 g/mol. The molecule has 7 nitrogen and oxygen atoms in total. The van der Waals surface area contributed by atoms with Crippen LogP contribution >= 0.6 is 0 Å². The van der Waals surface area contributed by atoms with E-state index >= 15 is 0 Å². The third-order valence-corrected chi connectivity index (χ3v) is 3.47. The molecule has 0 fully saturated rings. The Kier molecular flexibility index (Phi) is 5.89. The van der Waals surface area contributed by atoms with Crippen molar-refractivity contribution in [2.75, 3.05) is 13.7 Å². The molecule has 2 aromatic rings. The maximum Gasteiger partial charge on any atom is 0.314 e. The van der Waals surface area contributed by atoms with Gasteiger partial charge in [-0.05, 0) is 36.8 Å². The number of hydrogen-bond donors (Lipinski definition) is 1. The molecule has 8 heteroatoms. The molecule has 0 aliphatic rings. The number of ether oxygens (including phenoxy) is 2. The third-order valence-electron chi connectivity index (χ3n) is 3.47. The van der Waals surface area contributed by atoms with Gasteiger partial charge >= 0.3 is 5.69 Å². The first-order valence-corrected chi connectivity index (χ1v) is 7.40. The maximum atomic E-state index is 12.9. The molecule has 2 rings (SSSR count). The molecule has 132 valence electrons. The van der Waals surface area contributed by atoms with E-state index in [1.54, 1.807) is 19.1 Å². The van der Waals surface area contributed by atoms with E-state index in [0.29, 0.717) is 5.75 Å². The number of halogens is 1. The van der Waals surface area contributed by atoms with E-state index in [2.05, 4.69) is 5.32 Å². The van der Waals surface area contributed by atoms with Gasteiger partial charge in [-0.2, -0.15) is 0 Å². The van der Waals surface area contributed by atoms with E-state index in [9.17, 15) is 19.3 Å². The Balaban J connectivity index is 1.97. The Labute approximate surface area is 143 Å². The molecule has 0 aliphatic heterocycles. The number of nitrogens with zero attached hydrogens (tertiary/aromatic N) is 1. The van der Waals surface area contributed by atoms with Crippen LogP contribution in [0.3, 0.4) is 0 Å². The Bertz CT molecular complexity index is 764. The van der Waals surface area contributed by atoms with Gasteiger partial charge in [0.15, 0.2) is 12.4 Å². The van der Waals surface area contributed by atoms with Crippen LogP contribution in [-0.2, 0) is 4.79 Å². The average Bonchev–Trinajstić information content (AvgIpc) is 2.60. The summed E-state index contributed by atoms with van der Waals surface area (Å²) in [6.45, 7) is 1.35. The molecule has 0 spiro atoms. The molecule has 0 heterocycles. The van der Waals surface area contributed by atoms with Gasteiger partial charge in [0.1, 0.15) is 11.6 Å². The molecule has 0 saturated carbocycles. The number of carbonyl (C=O) groups excluding carboxylic acids is 1. The second kappa shape index (κ2) is 8.09. The van der Waals surface area contributed by atoms with Gasteiger partial charge < -0.3 is 14.8 Å². The second-order valence-electron chi connectivity index (χ2n) is 5.22. The molecule has 1 amide bonds. The molecule has 2 aromatic carbocycles. The highest BCUT2D eigenvalue weighted by atomic mass is 19.1. The van der Waals surface area contributed by atoms with E-state index in [-0.39, 0.29) is 23.3 Å². The lowest BCUT2D eigenvalue weighted by Gasteiger charge is -2.15. The van der Waals surface area contributed by atoms with Crippen molar-refractivity contribution in [1.29, 1.82) is 0 Å². The molecule has 0 bridgehead atoms. The van der Waals surface area contributed by atoms with Crippen LogP contribution in [0.25, 0.3) is 0 Å². The number of nitro benzene ring substituents is 1. The second-order valence-corrected chi connectivity index (χ2v) is 5.22. The van der Waals surface area contributed by atoms with Crippen molar-refractivity contribution in [2.24, 2.45) is 0 Å². The largest absolute Gasteiger partial charge is 0.496 e. The number of hydrogen-bond acceptors (Lipinski definition) is 5. The normalized spacial score (nSPS) is 11.5. The maximum absolute atomic E-state index is 12.9. The molecule has 0 aliphatic carbocycles. The van der Waals surface area contributed by atoms with Crippen molar-refractivity contribution in [1.82, 2.24) is 5.32 Å². The summed E-state index contributed by atoms with van der Waals surface area (Å²) in [7, 11) is 1.39. The molecule has 25 heavy (non-hydrogen) atoms. The molecular weight excluding hydrogens is 331 g/mol. The summed E-state index contributed by atoms with van der Waals surface area (Å²) in [4.78, 5) is 22.4. The van der Waals surface area contributed by atoms with Gasteiger partial charge in [-0.1, -0.05) is 12.1 Å². The first-order valence-electron chi connectivity index (χ1n) is 7.40. The minimum Gasteiger partial charge on any atom is -0.496 e. The monoisotopic (exact) mass is 348 g/mol. The van der Waals surface area contributed by atoms with Crippen molar-refractivity contribution in [3.63, 3.8) is 0 Å². The smallest absolute Gasteiger partial charge is 0.314 e. The third kappa shape index (κ3) is 4.90. The van der Waals surface area contributed by atoms with Crippen molar-refractivity contribution in [3.8, 4) is 11.5 Å². The molecule has 1 N–H and O–H groups in total. The first kappa shape index (κ1) is 18.2. The fourth-order valence-corrected chi connectivity index (χ4v) is 2.15. The quantitative estimate of drug-likeness (QED) is 0.613. The highest BCUT2D eigenvalue weighted by molar-refractivity contribution is 5.78. The van der Waals surface area contributed by atoms with Crippen molar-refractivity contribution in [2.45, 2.75) is 13.0 Å². The minimum atomic E-state index is -0.614. The van der Waals surface area contributed by atoms with Crippen LogP contribution in [0.4, 0.5) is 10.1 Å². The van der Waals surface area contributed by atoms with Gasteiger partial charge in [0.2, 0.25) is 0 Å². The van der Waals surface area contributed by atoms with Crippen LogP contribution in [0, 0.1) is 15.9 Å². The lowest BCUT2D eigenvalue weighted by Crippen LogP contribution is -2.31. The first-order chi connectivity index (χ1) is 11.9. The molecule has 0 saturated heterocycles. The van der Waals surface area contributed by atoms with E-state index in [1.165, 1.54) is 37.4 Å². The number of benzene rings is 2. The number of carbonyl (C=O) groups is 1. The summed E-state index contributed by atoms with van der Waals surface area (Å²) in [5.74, 6) is -0.539. The van der Waals surface area contributed by atoms with Gasteiger partial charge in [0.25, 0.3) is 5.91 Å². The van der Waals surface area contributed by atoms with Gasteiger partial charge in [-0.15, -0.1) is 0 Å². The predicted octanol–water partition coefficient (Wildman–Crippen LogP) is 3.00. The predicted molar refractivity (Wildman–Crippen MR) is 88.1 cm³/mol. The van der Waals surface area contributed by atoms with Crippen LogP contribution in [0.1, 0.15) is 18.5 Å². The molecule has 1 unspecified atom stereocenters. The number of amides is 1. The Morgan fingerprint density at radius 2 is 1.96 bits per heavy atom. The Morgan fingerprint density at radius 3 is 2.56 bits per heavy atom. The zero-order chi connectivity index (χ0) is 18.4. The van der Waals surface area contributed by atoms with Crippen molar-refractivity contribution >= 4 is 11.6 Å². The van der Waals surface area contributed by atoms with Crippen molar-refractivity contribution < 1.29 is 23.6 Å². The van der Waals surface area contributed by atoms with E-state index in [1.807, 2.05) is 0 Å². The van der Waals surface area contributed by atoms with Crippen LogP contribution in [0.2, 0.25) is 0 Å². The number of methoxy groups -OCH3 is 1. The highest BCUT2D eigenvalue weighted by Crippen LogP contribution is 2.30. The summed E-state index contributed by atoms with van der Waals surface area (Å²) >= 11 is 0. The standard InChI is InChI=1S/C17H17FN2O5/c1-11(12-3-5-13(18)6-4-12)19-17(21)10-25-16-8-7-14(24-2)9-15(16)20(22)23/h3-9,11H,10H2,1-2H3,(H,19,21). The fraction of sp³-hybridized carbons (Fsp3) is 0.235. The summed E-state index contributed by atoms with van der Waals surface area (Å²) in [5.41, 5.74) is 0.434. The number of rotatable bonds is 7. The number of nitro groups is 1. The van der Waals surface area contributed by atoms with Crippen LogP contribution in [-0.4, -0.2) is 24.5 Å². The van der Waals surface area contributed by atoms with Gasteiger partial charge in [-0.25, -0.2) is 4.39 Å². The highest BCUT2D eigenvalue weighted by Gasteiger charge is 2.18. The Morgan fingerprint density at radius 1 is 1.28 bits per heavy atom. The van der Waals surface area contributed by atoms with E-state index in [4.69, 9.17) is 9.47 Å². The minimum absolute atomic E-state index is 0.0321. The van der Waals surface area contributed by atoms with Crippen LogP contribution in [0.15, 0.2) is 42.5 Å². The SMILES string of the molecule is COc1ccc(OCC(=O)NC(C)c2ccc(F)cc2)c([N+](=O)[O-])c1. The van der Waals surface area contributed by atoms with Crippen LogP contribution in [0.5, 0.6) is 11.5 Å². The number of nitrogens with one attached hydrogen (secondary N) is 1. The summed E-state index contributed by atoms with van der Waals surface area (Å²) in [6, 6.07) is 9.46. The molecular formula is C17H17FN2O5. The fourth-order valence-electron chi connectivity index (χ4n) is 2.15. The van der Waals surface area contributed by atoms with E-state index < -0.39 is 17.4 Å². The van der Waals surface area contributed by atoms with Gasteiger partial charge in [0, 0.05) is 0 Å². The Hall–Kier alpha value is -3.16.